The van der Waals surface area contributed by atoms with Crippen molar-refractivity contribution in [1.82, 2.24) is 4.90 Å². The predicted octanol–water partition coefficient (Wildman–Crippen LogP) is 1.06. The van der Waals surface area contributed by atoms with Crippen molar-refractivity contribution in [2.75, 3.05) is 20.1 Å². The Morgan fingerprint density at radius 2 is 1.75 bits per heavy atom. The minimum Gasteiger partial charge on any atom is -0.480 e. The highest BCUT2D eigenvalue weighted by Crippen LogP contribution is 2.19. The van der Waals surface area contributed by atoms with E-state index in [1.807, 2.05) is 0 Å². The van der Waals surface area contributed by atoms with Crippen molar-refractivity contribution in [3.05, 3.63) is 0 Å². The van der Waals surface area contributed by atoms with Gasteiger partial charge in [0.25, 0.3) is 0 Å². The van der Waals surface area contributed by atoms with Gasteiger partial charge in [0, 0.05) is 13.1 Å². The van der Waals surface area contributed by atoms with Gasteiger partial charge in [0.15, 0.2) is 0 Å². The molecule has 4 nitrogen and oxygen atoms in total. The molecule has 0 aromatic heterocycles. The van der Waals surface area contributed by atoms with Gasteiger partial charge in [0.05, 0.1) is 6.42 Å². The second-order valence-electron chi connectivity index (χ2n) is 4.14. The maximum atomic E-state index is 11.9. The molecule has 0 amide bonds. The lowest BCUT2D eigenvalue weighted by atomic mass is 9.99. The summed E-state index contributed by atoms with van der Waals surface area (Å²) < 4.78 is 35.6. The quantitative estimate of drug-likeness (QED) is 0.731. The predicted molar refractivity (Wildman–Crippen MR) is 53.0 cm³/mol. The molecule has 0 aromatic carbocycles. The Hall–Kier alpha value is -0.820. The Morgan fingerprint density at radius 1 is 1.31 bits per heavy atom. The zero-order chi connectivity index (χ0) is 13.0. The van der Waals surface area contributed by atoms with Crippen LogP contribution in [0.4, 0.5) is 13.2 Å². The second-order valence-corrected chi connectivity index (χ2v) is 4.14. The summed E-state index contributed by atoms with van der Waals surface area (Å²) in [6, 6.07) is 0. The van der Waals surface area contributed by atoms with Crippen molar-refractivity contribution in [2.24, 2.45) is 5.73 Å². The first-order valence-electron chi connectivity index (χ1n) is 4.82. The van der Waals surface area contributed by atoms with Crippen LogP contribution in [-0.4, -0.2) is 47.8 Å². The van der Waals surface area contributed by atoms with E-state index in [4.69, 9.17) is 10.8 Å². The number of aliphatic carboxylic acids is 1. The topological polar surface area (TPSA) is 66.6 Å². The molecule has 1 atom stereocenters. The summed E-state index contributed by atoms with van der Waals surface area (Å²) in [6.45, 7) is 1.40. The van der Waals surface area contributed by atoms with Crippen LogP contribution in [0.1, 0.15) is 19.8 Å². The molecule has 0 heterocycles. The molecule has 0 radical (unpaired) electrons. The van der Waals surface area contributed by atoms with Gasteiger partial charge in [-0.2, -0.15) is 13.2 Å². The van der Waals surface area contributed by atoms with Gasteiger partial charge in [0.1, 0.15) is 5.54 Å². The number of carbonyl (C=O) groups is 1. The number of carboxylic acids is 1. The normalized spacial score (nSPS) is 16.2. The molecule has 1 unspecified atom stereocenters. The summed E-state index contributed by atoms with van der Waals surface area (Å²) in [4.78, 5) is 12.0. The average Bonchev–Trinajstić information content (AvgIpc) is 2.10. The number of hydrogen-bond acceptors (Lipinski definition) is 3. The Labute approximate surface area is 92.2 Å². The fourth-order valence-corrected chi connectivity index (χ4v) is 0.959. The molecule has 0 rings (SSSR count). The lowest BCUT2D eigenvalue weighted by Gasteiger charge is -2.23. The average molecular weight is 242 g/mol. The van der Waals surface area contributed by atoms with Gasteiger partial charge < -0.3 is 15.7 Å². The third-order valence-electron chi connectivity index (χ3n) is 2.28. The SMILES string of the molecule is CN(CCC(F)(F)F)CCC(C)(N)C(=O)O. The maximum absolute atomic E-state index is 11.9. The van der Waals surface area contributed by atoms with E-state index in [1.54, 1.807) is 0 Å². The Balaban J connectivity index is 3.90. The van der Waals surface area contributed by atoms with Gasteiger partial charge in [-0.1, -0.05) is 0 Å². The molecule has 0 saturated carbocycles. The number of nitrogens with two attached hydrogens (primary N) is 1. The molecule has 96 valence electrons. The van der Waals surface area contributed by atoms with Crippen LogP contribution in [0.2, 0.25) is 0 Å². The second kappa shape index (κ2) is 5.49. The highest BCUT2D eigenvalue weighted by Gasteiger charge is 2.29. The van der Waals surface area contributed by atoms with E-state index in [9.17, 15) is 18.0 Å². The van der Waals surface area contributed by atoms with Crippen LogP contribution >= 0.6 is 0 Å². The zero-order valence-electron chi connectivity index (χ0n) is 9.34. The zero-order valence-corrected chi connectivity index (χ0v) is 9.34. The number of alkyl halides is 3. The molecule has 0 aliphatic carbocycles. The van der Waals surface area contributed by atoms with Gasteiger partial charge in [0.2, 0.25) is 0 Å². The third-order valence-corrected chi connectivity index (χ3v) is 2.28. The van der Waals surface area contributed by atoms with E-state index in [-0.39, 0.29) is 19.5 Å². The summed E-state index contributed by atoms with van der Waals surface area (Å²) in [7, 11) is 1.50. The first-order chi connectivity index (χ1) is 7.04. The van der Waals surface area contributed by atoms with Gasteiger partial charge in [-0.05, 0) is 20.4 Å². The molecule has 7 heteroatoms. The molecular weight excluding hydrogens is 225 g/mol. The van der Waals surface area contributed by atoms with E-state index in [0.717, 1.165) is 0 Å². The molecule has 0 aromatic rings. The van der Waals surface area contributed by atoms with Crippen molar-refractivity contribution >= 4 is 5.97 Å². The molecule has 0 aliphatic heterocycles. The summed E-state index contributed by atoms with van der Waals surface area (Å²) in [6.07, 6.45) is -4.98. The standard InChI is InChI=1S/C9H17F3N2O2/c1-8(13,7(15)16)3-5-14(2)6-4-9(10,11)12/h3-6,13H2,1-2H3,(H,15,16). The summed E-state index contributed by atoms with van der Waals surface area (Å²) in [5, 5.41) is 8.69. The maximum Gasteiger partial charge on any atom is 0.390 e. The monoisotopic (exact) mass is 242 g/mol. The first-order valence-corrected chi connectivity index (χ1v) is 4.82. The van der Waals surface area contributed by atoms with Crippen LogP contribution in [-0.2, 0) is 4.79 Å². The molecule has 3 N–H and O–H groups in total. The molecular formula is C9H17F3N2O2. The largest absolute Gasteiger partial charge is 0.480 e. The van der Waals surface area contributed by atoms with E-state index in [0.29, 0.717) is 0 Å². The van der Waals surface area contributed by atoms with E-state index in [1.165, 1.54) is 18.9 Å². The Morgan fingerprint density at radius 3 is 2.12 bits per heavy atom. The number of nitrogens with zero attached hydrogens (tertiary/aromatic N) is 1. The lowest BCUT2D eigenvalue weighted by Crippen LogP contribution is -2.47. The van der Waals surface area contributed by atoms with Crippen LogP contribution < -0.4 is 5.73 Å². The van der Waals surface area contributed by atoms with Crippen LogP contribution in [0.3, 0.4) is 0 Å². The van der Waals surface area contributed by atoms with E-state index >= 15 is 0 Å². The number of rotatable bonds is 6. The van der Waals surface area contributed by atoms with Gasteiger partial charge >= 0.3 is 12.1 Å². The Bertz CT molecular complexity index is 241. The molecule has 16 heavy (non-hydrogen) atoms. The first kappa shape index (κ1) is 15.2. The number of carboxylic acid groups (broad SMARTS) is 1. The highest BCUT2D eigenvalue weighted by atomic mass is 19.4. The van der Waals surface area contributed by atoms with Crippen molar-refractivity contribution in [3.8, 4) is 0 Å². The highest BCUT2D eigenvalue weighted by molar-refractivity contribution is 5.77. The number of halogens is 3. The van der Waals surface area contributed by atoms with Crippen molar-refractivity contribution in [3.63, 3.8) is 0 Å². The van der Waals surface area contributed by atoms with Gasteiger partial charge in [-0.3, -0.25) is 4.79 Å². The summed E-state index contributed by atoms with van der Waals surface area (Å²) in [5.41, 5.74) is 4.05. The van der Waals surface area contributed by atoms with Crippen molar-refractivity contribution < 1.29 is 23.1 Å². The molecule has 0 spiro atoms. The fourth-order valence-electron chi connectivity index (χ4n) is 0.959. The van der Waals surface area contributed by atoms with Crippen molar-refractivity contribution in [2.45, 2.75) is 31.5 Å². The number of hydrogen-bond donors (Lipinski definition) is 2. The fraction of sp³-hybridized carbons (Fsp3) is 0.889. The lowest BCUT2D eigenvalue weighted by molar-refractivity contribution is -0.144. The molecule has 0 aliphatic rings. The van der Waals surface area contributed by atoms with E-state index < -0.39 is 24.1 Å². The molecule has 0 bridgehead atoms. The smallest absolute Gasteiger partial charge is 0.390 e. The third kappa shape index (κ3) is 6.62. The van der Waals surface area contributed by atoms with Gasteiger partial charge in [-0.25, -0.2) is 0 Å². The van der Waals surface area contributed by atoms with Crippen LogP contribution in [0.25, 0.3) is 0 Å². The molecule has 0 saturated heterocycles. The van der Waals surface area contributed by atoms with Crippen molar-refractivity contribution in [1.29, 1.82) is 0 Å². The van der Waals surface area contributed by atoms with Crippen LogP contribution in [0.5, 0.6) is 0 Å². The Kier molecular flexibility index (Phi) is 5.21. The minimum absolute atomic E-state index is 0.108. The van der Waals surface area contributed by atoms with Crippen LogP contribution in [0.15, 0.2) is 0 Å². The van der Waals surface area contributed by atoms with E-state index in [2.05, 4.69) is 0 Å². The summed E-state index contributed by atoms with van der Waals surface area (Å²) in [5.74, 6) is -1.16. The minimum atomic E-state index is -4.19. The van der Waals surface area contributed by atoms with Gasteiger partial charge in [-0.15, -0.1) is 0 Å². The molecule has 0 fully saturated rings. The van der Waals surface area contributed by atoms with Crippen LogP contribution in [0, 0.1) is 0 Å². The summed E-state index contributed by atoms with van der Waals surface area (Å²) >= 11 is 0.